The molecule has 0 atom stereocenters. The Kier molecular flexibility index (Phi) is 5.05. The summed E-state index contributed by atoms with van der Waals surface area (Å²) in [6.45, 7) is 0.0864. The van der Waals surface area contributed by atoms with Gasteiger partial charge in [-0.1, -0.05) is 23.2 Å². The number of hydrogen-bond donors (Lipinski definition) is 1. The van der Waals surface area contributed by atoms with Crippen LogP contribution in [0.2, 0.25) is 10.0 Å². The number of carboxylic acids is 1. The first-order chi connectivity index (χ1) is 10.4. The molecule has 0 saturated heterocycles. The number of carbonyl (C=O) groups excluding carboxylic acids is 1. The maximum Gasteiger partial charge on any atom is 0.305 e. The van der Waals surface area contributed by atoms with Crippen molar-refractivity contribution in [2.75, 3.05) is 13.6 Å². The van der Waals surface area contributed by atoms with Crippen LogP contribution in [0.1, 0.15) is 16.9 Å². The minimum Gasteiger partial charge on any atom is -0.481 e. The zero-order valence-corrected chi connectivity index (χ0v) is 13.1. The lowest BCUT2D eigenvalue weighted by Gasteiger charge is -2.13. The third-order valence-electron chi connectivity index (χ3n) is 2.90. The molecule has 0 bridgehead atoms. The van der Waals surface area contributed by atoms with Crippen LogP contribution >= 0.6 is 23.2 Å². The molecule has 0 aliphatic heterocycles. The second kappa shape index (κ2) is 6.81. The van der Waals surface area contributed by atoms with Crippen LogP contribution in [0.25, 0.3) is 11.5 Å². The highest BCUT2D eigenvalue weighted by atomic mass is 35.5. The lowest BCUT2D eigenvalue weighted by atomic mass is 10.2. The van der Waals surface area contributed by atoms with Gasteiger partial charge in [0.15, 0.2) is 5.69 Å². The van der Waals surface area contributed by atoms with E-state index in [-0.39, 0.29) is 24.6 Å². The average Bonchev–Trinajstić information content (AvgIpc) is 2.96. The maximum atomic E-state index is 12.1. The summed E-state index contributed by atoms with van der Waals surface area (Å²) < 4.78 is 5.27. The minimum atomic E-state index is -0.976. The molecule has 2 aromatic rings. The van der Waals surface area contributed by atoms with Crippen molar-refractivity contribution in [2.45, 2.75) is 6.42 Å². The zero-order valence-electron chi connectivity index (χ0n) is 11.5. The molecular weight excluding hydrogens is 331 g/mol. The fourth-order valence-electron chi connectivity index (χ4n) is 1.69. The summed E-state index contributed by atoms with van der Waals surface area (Å²) in [5, 5.41) is 9.38. The minimum absolute atomic E-state index is 0.0864. The molecule has 1 amide bonds. The molecular formula is C14H12Cl2N2O4. The SMILES string of the molecule is CN(CCC(=O)O)C(=O)c1coc(-c2ccc(Cl)c(Cl)c2)n1. The lowest BCUT2D eigenvalue weighted by molar-refractivity contribution is -0.137. The van der Waals surface area contributed by atoms with Crippen LogP contribution in [0.5, 0.6) is 0 Å². The highest BCUT2D eigenvalue weighted by Gasteiger charge is 2.18. The summed E-state index contributed by atoms with van der Waals surface area (Å²) in [4.78, 5) is 28.0. The Labute approximate surface area is 136 Å². The molecule has 1 aromatic heterocycles. The van der Waals surface area contributed by atoms with Crippen LogP contribution in [-0.4, -0.2) is 40.5 Å². The summed E-state index contributed by atoms with van der Waals surface area (Å²) in [5.74, 6) is -1.17. The highest BCUT2D eigenvalue weighted by Crippen LogP contribution is 2.28. The van der Waals surface area contributed by atoms with Crippen LogP contribution < -0.4 is 0 Å². The maximum absolute atomic E-state index is 12.1. The Bertz CT molecular complexity index is 715. The number of aromatic nitrogens is 1. The van der Waals surface area contributed by atoms with E-state index in [9.17, 15) is 9.59 Å². The summed E-state index contributed by atoms with van der Waals surface area (Å²) in [7, 11) is 1.50. The number of rotatable bonds is 5. The van der Waals surface area contributed by atoms with Crippen molar-refractivity contribution in [3.8, 4) is 11.5 Å². The highest BCUT2D eigenvalue weighted by molar-refractivity contribution is 6.42. The number of aliphatic carboxylic acids is 1. The predicted octanol–water partition coefficient (Wildman–Crippen LogP) is 3.20. The number of halogens is 2. The molecule has 0 aliphatic carbocycles. The molecule has 0 fully saturated rings. The van der Waals surface area contributed by atoms with E-state index < -0.39 is 11.9 Å². The predicted molar refractivity (Wildman–Crippen MR) is 81.2 cm³/mol. The zero-order chi connectivity index (χ0) is 16.3. The normalized spacial score (nSPS) is 10.5. The van der Waals surface area contributed by atoms with Gasteiger partial charge in [0.2, 0.25) is 5.89 Å². The third-order valence-corrected chi connectivity index (χ3v) is 3.64. The topological polar surface area (TPSA) is 83.6 Å². The van der Waals surface area contributed by atoms with Crippen molar-refractivity contribution in [3.05, 3.63) is 40.2 Å². The number of amides is 1. The van der Waals surface area contributed by atoms with Gasteiger partial charge < -0.3 is 14.4 Å². The van der Waals surface area contributed by atoms with Crippen LogP contribution in [0.3, 0.4) is 0 Å². The van der Waals surface area contributed by atoms with Gasteiger partial charge in [0.25, 0.3) is 5.91 Å². The van der Waals surface area contributed by atoms with Gasteiger partial charge >= 0.3 is 5.97 Å². The van der Waals surface area contributed by atoms with E-state index in [1.807, 2.05) is 0 Å². The summed E-state index contributed by atoms with van der Waals surface area (Å²) in [5.41, 5.74) is 0.676. The van der Waals surface area contributed by atoms with E-state index in [2.05, 4.69) is 4.98 Å². The smallest absolute Gasteiger partial charge is 0.305 e. The van der Waals surface area contributed by atoms with Crippen molar-refractivity contribution >= 4 is 35.1 Å². The third kappa shape index (κ3) is 3.78. The fourth-order valence-corrected chi connectivity index (χ4v) is 1.99. The molecule has 116 valence electrons. The van der Waals surface area contributed by atoms with Gasteiger partial charge in [0, 0.05) is 19.2 Å². The number of hydrogen-bond acceptors (Lipinski definition) is 4. The molecule has 0 aliphatic rings. The molecule has 0 radical (unpaired) electrons. The van der Waals surface area contributed by atoms with Gasteiger partial charge in [-0.25, -0.2) is 4.98 Å². The van der Waals surface area contributed by atoms with Gasteiger partial charge in [-0.2, -0.15) is 0 Å². The second-order valence-electron chi connectivity index (χ2n) is 4.54. The number of nitrogens with zero attached hydrogens (tertiary/aromatic N) is 2. The largest absolute Gasteiger partial charge is 0.481 e. The van der Waals surface area contributed by atoms with E-state index >= 15 is 0 Å². The monoisotopic (exact) mass is 342 g/mol. The molecule has 1 heterocycles. The van der Waals surface area contributed by atoms with E-state index in [0.717, 1.165) is 0 Å². The van der Waals surface area contributed by atoms with Gasteiger partial charge in [-0.3, -0.25) is 9.59 Å². The molecule has 1 aromatic carbocycles. The van der Waals surface area contributed by atoms with Crippen molar-refractivity contribution in [3.63, 3.8) is 0 Å². The van der Waals surface area contributed by atoms with E-state index in [4.69, 9.17) is 32.7 Å². The van der Waals surface area contributed by atoms with Gasteiger partial charge in [-0.15, -0.1) is 0 Å². The van der Waals surface area contributed by atoms with Crippen molar-refractivity contribution in [1.29, 1.82) is 0 Å². The Morgan fingerprint density at radius 3 is 2.68 bits per heavy atom. The number of benzene rings is 1. The Hall–Kier alpha value is -2.05. The number of carbonyl (C=O) groups is 2. The summed E-state index contributed by atoms with van der Waals surface area (Å²) >= 11 is 11.8. The first kappa shape index (κ1) is 16.3. The van der Waals surface area contributed by atoms with E-state index in [1.54, 1.807) is 18.2 Å². The van der Waals surface area contributed by atoms with E-state index in [0.29, 0.717) is 15.6 Å². The molecule has 1 N–H and O–H groups in total. The Morgan fingerprint density at radius 2 is 2.05 bits per heavy atom. The quantitative estimate of drug-likeness (QED) is 0.901. The van der Waals surface area contributed by atoms with Crippen molar-refractivity contribution in [1.82, 2.24) is 9.88 Å². The fraction of sp³-hybridized carbons (Fsp3) is 0.214. The number of oxazole rings is 1. The summed E-state index contributed by atoms with van der Waals surface area (Å²) in [6.07, 6.45) is 1.08. The van der Waals surface area contributed by atoms with Crippen LogP contribution in [0, 0.1) is 0 Å². The van der Waals surface area contributed by atoms with Gasteiger partial charge in [-0.05, 0) is 18.2 Å². The summed E-state index contributed by atoms with van der Waals surface area (Å²) in [6, 6.07) is 4.85. The molecule has 8 heteroatoms. The molecule has 2 rings (SSSR count). The van der Waals surface area contributed by atoms with E-state index in [1.165, 1.54) is 18.2 Å². The Morgan fingerprint density at radius 1 is 1.32 bits per heavy atom. The van der Waals surface area contributed by atoms with Crippen molar-refractivity contribution < 1.29 is 19.1 Å². The lowest BCUT2D eigenvalue weighted by Crippen LogP contribution is -2.29. The van der Waals surface area contributed by atoms with Crippen LogP contribution in [-0.2, 0) is 4.79 Å². The number of carboxylic acid groups (broad SMARTS) is 1. The molecule has 0 unspecified atom stereocenters. The van der Waals surface area contributed by atoms with Gasteiger partial charge in [0.1, 0.15) is 6.26 Å². The molecule has 0 saturated carbocycles. The standard InChI is InChI=1S/C14H12Cl2N2O4/c1-18(5-4-12(19)20)14(21)11-7-22-13(17-11)8-2-3-9(15)10(16)6-8/h2-3,6-7H,4-5H2,1H3,(H,19,20). The Balaban J connectivity index is 2.15. The first-order valence-electron chi connectivity index (χ1n) is 6.26. The molecule has 22 heavy (non-hydrogen) atoms. The second-order valence-corrected chi connectivity index (χ2v) is 5.35. The van der Waals surface area contributed by atoms with Crippen LogP contribution in [0.15, 0.2) is 28.9 Å². The molecule has 0 spiro atoms. The molecule has 6 nitrogen and oxygen atoms in total. The van der Waals surface area contributed by atoms with Gasteiger partial charge in [0.05, 0.1) is 16.5 Å². The van der Waals surface area contributed by atoms with Crippen LogP contribution in [0.4, 0.5) is 0 Å². The average molecular weight is 343 g/mol. The first-order valence-corrected chi connectivity index (χ1v) is 7.02. The van der Waals surface area contributed by atoms with Crippen molar-refractivity contribution in [2.24, 2.45) is 0 Å².